The molecule has 2 aromatic carbocycles. The highest BCUT2D eigenvalue weighted by molar-refractivity contribution is 5.80. The van der Waals surface area contributed by atoms with Crippen LogP contribution >= 0.6 is 0 Å². The van der Waals surface area contributed by atoms with E-state index in [-0.39, 0.29) is 25.5 Å². The maximum atomic E-state index is 11.7. The Bertz CT molecular complexity index is 745. The van der Waals surface area contributed by atoms with Crippen LogP contribution in [0.1, 0.15) is 17.5 Å². The molecule has 144 valence electrons. The minimum atomic E-state index is -0.476. The zero-order valence-electron chi connectivity index (χ0n) is 15.7. The molecule has 0 unspecified atom stereocenters. The lowest BCUT2D eigenvalue weighted by Gasteiger charge is -2.10. The Morgan fingerprint density at radius 1 is 0.963 bits per heavy atom. The second-order valence-corrected chi connectivity index (χ2v) is 6.04. The molecule has 0 aliphatic heterocycles. The summed E-state index contributed by atoms with van der Waals surface area (Å²) < 4.78 is 16.0. The molecular weight excluding hydrogens is 346 g/mol. The van der Waals surface area contributed by atoms with Crippen molar-refractivity contribution in [3.05, 3.63) is 59.7 Å². The highest BCUT2D eigenvalue weighted by atomic mass is 16.5. The molecular formula is C21H25NO5. The summed E-state index contributed by atoms with van der Waals surface area (Å²) in [5.74, 6) is 0.646. The van der Waals surface area contributed by atoms with Gasteiger partial charge in [0.15, 0.2) is 6.61 Å². The fourth-order valence-electron chi connectivity index (χ4n) is 2.25. The zero-order valence-corrected chi connectivity index (χ0v) is 15.7. The van der Waals surface area contributed by atoms with E-state index >= 15 is 0 Å². The third-order valence-corrected chi connectivity index (χ3v) is 3.71. The normalized spacial score (nSPS) is 10.1. The van der Waals surface area contributed by atoms with Crippen molar-refractivity contribution < 1.29 is 23.8 Å². The van der Waals surface area contributed by atoms with Gasteiger partial charge in [0.05, 0.1) is 19.6 Å². The Morgan fingerprint density at radius 2 is 1.74 bits per heavy atom. The Balaban J connectivity index is 1.55. The van der Waals surface area contributed by atoms with Gasteiger partial charge in [0, 0.05) is 0 Å². The van der Waals surface area contributed by atoms with E-state index in [1.807, 2.05) is 62.4 Å². The number of ether oxygens (including phenoxy) is 3. The van der Waals surface area contributed by atoms with Crippen LogP contribution in [0, 0.1) is 13.8 Å². The smallest absolute Gasteiger partial charge is 0.309 e. The van der Waals surface area contributed by atoms with Crippen molar-refractivity contribution >= 4 is 11.9 Å². The number of aryl methyl sites for hydroxylation is 2. The average molecular weight is 371 g/mol. The zero-order chi connectivity index (χ0) is 19.5. The maximum Gasteiger partial charge on any atom is 0.309 e. The van der Waals surface area contributed by atoms with Crippen LogP contribution in [0.25, 0.3) is 0 Å². The molecule has 0 heterocycles. The lowest BCUT2D eigenvalue weighted by molar-refractivity contribution is -0.149. The number of nitrogens with one attached hydrogen (secondary N) is 1. The van der Waals surface area contributed by atoms with Gasteiger partial charge in [-0.25, -0.2) is 0 Å². The van der Waals surface area contributed by atoms with Crippen LogP contribution in [0.15, 0.2) is 48.5 Å². The summed E-state index contributed by atoms with van der Waals surface area (Å²) in [4.78, 5) is 23.4. The molecule has 6 nitrogen and oxygen atoms in total. The molecule has 0 aliphatic carbocycles. The van der Waals surface area contributed by atoms with Gasteiger partial charge in [0.2, 0.25) is 0 Å². The van der Waals surface area contributed by atoms with E-state index in [1.165, 1.54) is 0 Å². The molecule has 0 saturated heterocycles. The summed E-state index contributed by atoms with van der Waals surface area (Å²) in [5.41, 5.74) is 2.09. The van der Waals surface area contributed by atoms with Crippen LogP contribution in [0.5, 0.6) is 11.5 Å². The predicted molar refractivity (Wildman–Crippen MR) is 102 cm³/mol. The molecule has 2 aromatic rings. The van der Waals surface area contributed by atoms with E-state index in [2.05, 4.69) is 5.32 Å². The second-order valence-electron chi connectivity index (χ2n) is 6.04. The summed E-state index contributed by atoms with van der Waals surface area (Å²) in [6, 6.07) is 15.2. The standard InChI is InChI=1S/C21H25NO5/c1-16-8-9-17(2)19(14-16)26-12-10-21(24)27-15-20(23)22-11-13-25-18-6-4-3-5-7-18/h3-9,14H,10-13,15H2,1-2H3,(H,22,23). The molecule has 0 spiro atoms. The lowest BCUT2D eigenvalue weighted by atomic mass is 10.1. The van der Waals surface area contributed by atoms with Crippen molar-refractivity contribution in [3.8, 4) is 11.5 Å². The molecule has 1 amide bonds. The minimum Gasteiger partial charge on any atom is -0.493 e. The Kier molecular flexibility index (Phi) is 8.16. The molecule has 0 atom stereocenters. The first-order valence-corrected chi connectivity index (χ1v) is 8.85. The molecule has 0 aliphatic rings. The first-order chi connectivity index (χ1) is 13.0. The molecule has 0 aromatic heterocycles. The Morgan fingerprint density at radius 3 is 2.52 bits per heavy atom. The number of benzene rings is 2. The van der Waals surface area contributed by atoms with Gasteiger partial charge < -0.3 is 19.5 Å². The molecule has 0 saturated carbocycles. The quantitative estimate of drug-likeness (QED) is 0.513. The van der Waals surface area contributed by atoms with E-state index in [1.54, 1.807) is 0 Å². The first-order valence-electron chi connectivity index (χ1n) is 8.85. The van der Waals surface area contributed by atoms with Gasteiger partial charge in [-0.05, 0) is 43.2 Å². The fourth-order valence-corrected chi connectivity index (χ4v) is 2.25. The van der Waals surface area contributed by atoms with Crippen LogP contribution in [-0.2, 0) is 14.3 Å². The number of para-hydroxylation sites is 1. The molecule has 0 fully saturated rings. The summed E-state index contributed by atoms with van der Waals surface area (Å²) in [6.07, 6.45) is 0.0811. The highest BCUT2D eigenvalue weighted by Crippen LogP contribution is 2.19. The minimum absolute atomic E-state index is 0.0811. The number of amides is 1. The van der Waals surface area contributed by atoms with Gasteiger partial charge >= 0.3 is 5.97 Å². The molecule has 27 heavy (non-hydrogen) atoms. The molecule has 0 bridgehead atoms. The van der Waals surface area contributed by atoms with Crippen molar-refractivity contribution in [2.75, 3.05) is 26.4 Å². The molecule has 6 heteroatoms. The van der Waals surface area contributed by atoms with E-state index in [0.29, 0.717) is 13.2 Å². The molecule has 2 rings (SSSR count). The topological polar surface area (TPSA) is 73.9 Å². The average Bonchev–Trinajstić information content (AvgIpc) is 2.67. The van der Waals surface area contributed by atoms with E-state index < -0.39 is 5.97 Å². The SMILES string of the molecule is Cc1ccc(C)c(OCCC(=O)OCC(=O)NCCOc2ccccc2)c1. The second kappa shape index (κ2) is 10.9. The third-order valence-electron chi connectivity index (χ3n) is 3.71. The molecule has 0 radical (unpaired) electrons. The van der Waals surface area contributed by atoms with Crippen LogP contribution < -0.4 is 14.8 Å². The third kappa shape index (κ3) is 7.81. The maximum absolute atomic E-state index is 11.7. The Labute approximate surface area is 159 Å². The number of carbonyl (C=O) groups excluding carboxylic acids is 2. The predicted octanol–water partition coefficient (Wildman–Crippen LogP) is 2.81. The number of hydrogen-bond acceptors (Lipinski definition) is 5. The van der Waals surface area contributed by atoms with Crippen molar-refractivity contribution in [3.63, 3.8) is 0 Å². The lowest BCUT2D eigenvalue weighted by Crippen LogP contribution is -2.32. The van der Waals surface area contributed by atoms with Gasteiger partial charge in [0.1, 0.15) is 18.1 Å². The van der Waals surface area contributed by atoms with Crippen molar-refractivity contribution in [1.82, 2.24) is 5.32 Å². The number of rotatable bonds is 10. The number of carbonyl (C=O) groups is 2. The summed E-state index contributed by atoms with van der Waals surface area (Å²) >= 11 is 0. The van der Waals surface area contributed by atoms with E-state index in [0.717, 1.165) is 22.6 Å². The van der Waals surface area contributed by atoms with Gasteiger partial charge in [-0.3, -0.25) is 9.59 Å². The Hall–Kier alpha value is -3.02. The summed E-state index contributed by atoms with van der Waals surface area (Å²) in [5, 5.41) is 2.63. The largest absolute Gasteiger partial charge is 0.493 e. The van der Waals surface area contributed by atoms with Gasteiger partial charge in [-0.15, -0.1) is 0 Å². The number of esters is 1. The first kappa shape index (κ1) is 20.3. The fraction of sp³-hybridized carbons (Fsp3) is 0.333. The molecule has 1 N–H and O–H groups in total. The number of hydrogen-bond donors (Lipinski definition) is 1. The van der Waals surface area contributed by atoms with E-state index in [4.69, 9.17) is 14.2 Å². The van der Waals surface area contributed by atoms with E-state index in [9.17, 15) is 9.59 Å². The van der Waals surface area contributed by atoms with Gasteiger partial charge in [-0.1, -0.05) is 30.3 Å². The van der Waals surface area contributed by atoms with Crippen LogP contribution in [-0.4, -0.2) is 38.2 Å². The van der Waals surface area contributed by atoms with Crippen LogP contribution in [0.2, 0.25) is 0 Å². The van der Waals surface area contributed by atoms with Gasteiger partial charge in [0.25, 0.3) is 5.91 Å². The van der Waals surface area contributed by atoms with Gasteiger partial charge in [-0.2, -0.15) is 0 Å². The summed E-state index contributed by atoms with van der Waals surface area (Å²) in [7, 11) is 0. The van der Waals surface area contributed by atoms with Crippen molar-refractivity contribution in [2.45, 2.75) is 20.3 Å². The van der Waals surface area contributed by atoms with Crippen LogP contribution in [0.3, 0.4) is 0 Å². The van der Waals surface area contributed by atoms with Crippen molar-refractivity contribution in [2.24, 2.45) is 0 Å². The monoisotopic (exact) mass is 371 g/mol. The summed E-state index contributed by atoms with van der Waals surface area (Å²) in [6.45, 7) is 4.49. The van der Waals surface area contributed by atoms with Crippen molar-refractivity contribution in [1.29, 1.82) is 0 Å². The highest BCUT2D eigenvalue weighted by Gasteiger charge is 2.08. The van der Waals surface area contributed by atoms with Crippen LogP contribution in [0.4, 0.5) is 0 Å².